The molecule has 1 saturated heterocycles. The Morgan fingerprint density at radius 2 is 1.64 bits per heavy atom. The van der Waals surface area contributed by atoms with Crippen LogP contribution in [0.5, 0.6) is 0 Å². The number of hydrogen-bond acceptors (Lipinski definition) is 4. The molecular formula is C19H27N3O3. The minimum atomic E-state index is -0.0451. The molecule has 1 aromatic rings. The first kappa shape index (κ1) is 19.1. The number of piperazine rings is 1. The van der Waals surface area contributed by atoms with Gasteiger partial charge in [0, 0.05) is 56.3 Å². The van der Waals surface area contributed by atoms with Crippen LogP contribution in [0.15, 0.2) is 24.3 Å². The Morgan fingerprint density at radius 3 is 2.16 bits per heavy atom. The molecule has 0 bridgehead atoms. The molecule has 0 radical (unpaired) electrons. The maximum absolute atomic E-state index is 12.1. The first-order valence-electron chi connectivity index (χ1n) is 8.79. The van der Waals surface area contributed by atoms with Crippen molar-refractivity contribution in [3.63, 3.8) is 0 Å². The van der Waals surface area contributed by atoms with Crippen LogP contribution in [0.25, 0.3) is 0 Å². The van der Waals surface area contributed by atoms with Gasteiger partial charge < -0.3 is 10.2 Å². The zero-order valence-corrected chi connectivity index (χ0v) is 15.2. The monoisotopic (exact) mass is 345 g/mol. The maximum atomic E-state index is 12.1. The van der Waals surface area contributed by atoms with E-state index < -0.39 is 0 Å². The molecule has 0 unspecified atom stereocenters. The molecule has 136 valence electrons. The van der Waals surface area contributed by atoms with Crippen molar-refractivity contribution in [1.29, 1.82) is 0 Å². The van der Waals surface area contributed by atoms with Crippen molar-refractivity contribution in [1.82, 2.24) is 9.80 Å². The summed E-state index contributed by atoms with van der Waals surface area (Å²) in [5.41, 5.74) is 1.33. The second-order valence-corrected chi connectivity index (χ2v) is 6.75. The van der Waals surface area contributed by atoms with Crippen molar-refractivity contribution in [3.05, 3.63) is 29.8 Å². The van der Waals surface area contributed by atoms with Crippen molar-refractivity contribution in [3.8, 4) is 0 Å². The Labute approximate surface area is 149 Å². The lowest BCUT2D eigenvalue weighted by molar-refractivity contribution is -0.136. The van der Waals surface area contributed by atoms with Gasteiger partial charge in [0.2, 0.25) is 11.8 Å². The molecular weight excluding hydrogens is 318 g/mol. The highest BCUT2D eigenvalue weighted by molar-refractivity contribution is 5.95. The third kappa shape index (κ3) is 5.67. The number of rotatable bonds is 6. The quantitative estimate of drug-likeness (QED) is 0.801. The van der Waals surface area contributed by atoms with Crippen LogP contribution in [0, 0.1) is 5.92 Å². The Morgan fingerprint density at radius 1 is 1.04 bits per heavy atom. The largest absolute Gasteiger partial charge is 0.340 e. The lowest BCUT2D eigenvalue weighted by Crippen LogP contribution is -2.50. The molecule has 1 aromatic carbocycles. The number of nitrogens with zero attached hydrogens (tertiary/aromatic N) is 2. The minimum Gasteiger partial charge on any atom is -0.340 e. The molecule has 1 heterocycles. The number of hydrogen-bond donors (Lipinski definition) is 1. The summed E-state index contributed by atoms with van der Waals surface area (Å²) >= 11 is 0. The molecule has 0 aromatic heterocycles. The summed E-state index contributed by atoms with van der Waals surface area (Å²) in [6, 6.07) is 6.90. The summed E-state index contributed by atoms with van der Waals surface area (Å²) in [5.74, 6) is 0.197. The summed E-state index contributed by atoms with van der Waals surface area (Å²) in [6.07, 6.45) is 0.409. The van der Waals surface area contributed by atoms with Crippen LogP contribution in [-0.2, 0) is 9.59 Å². The summed E-state index contributed by atoms with van der Waals surface area (Å²) in [4.78, 5) is 39.4. The molecule has 1 aliphatic rings. The summed E-state index contributed by atoms with van der Waals surface area (Å²) in [5, 5.41) is 2.85. The smallest absolute Gasteiger partial charge is 0.225 e. The lowest BCUT2D eigenvalue weighted by Gasteiger charge is -2.35. The van der Waals surface area contributed by atoms with Crippen LogP contribution < -0.4 is 5.32 Å². The minimum absolute atomic E-state index is 0.00738. The van der Waals surface area contributed by atoms with Crippen LogP contribution in [0.2, 0.25) is 0 Å². The Balaban J connectivity index is 1.72. The fourth-order valence-corrected chi connectivity index (χ4v) is 2.83. The van der Waals surface area contributed by atoms with Gasteiger partial charge in [-0.1, -0.05) is 13.8 Å². The molecule has 0 spiro atoms. The zero-order valence-electron chi connectivity index (χ0n) is 15.2. The van der Waals surface area contributed by atoms with Gasteiger partial charge in [0.25, 0.3) is 0 Å². The van der Waals surface area contributed by atoms with Gasteiger partial charge in [0.1, 0.15) is 0 Å². The maximum Gasteiger partial charge on any atom is 0.225 e. The predicted molar refractivity (Wildman–Crippen MR) is 97.6 cm³/mol. The molecule has 1 N–H and O–H groups in total. The normalized spacial score (nSPS) is 15.3. The first-order valence-corrected chi connectivity index (χ1v) is 8.79. The third-order valence-corrected chi connectivity index (χ3v) is 4.41. The molecule has 6 heteroatoms. The average Bonchev–Trinajstić information content (AvgIpc) is 2.60. The van der Waals surface area contributed by atoms with Crippen LogP contribution >= 0.6 is 0 Å². The molecule has 1 fully saturated rings. The second kappa shape index (κ2) is 8.76. The van der Waals surface area contributed by atoms with Gasteiger partial charge in [-0.05, 0) is 31.2 Å². The number of benzene rings is 1. The lowest BCUT2D eigenvalue weighted by atomic mass is 10.1. The zero-order chi connectivity index (χ0) is 18.4. The van der Waals surface area contributed by atoms with E-state index in [4.69, 9.17) is 0 Å². The summed E-state index contributed by atoms with van der Waals surface area (Å²) in [7, 11) is 0. The standard InChI is InChI=1S/C19H27N3O3/c1-14(2)19(25)22-12-10-21(11-13-22)9-8-18(24)20-17-6-4-16(5-7-17)15(3)23/h4-7,14H,8-13H2,1-3H3,(H,20,24). The van der Waals surface area contributed by atoms with Gasteiger partial charge in [0.15, 0.2) is 5.78 Å². The van der Waals surface area contributed by atoms with Crippen molar-refractivity contribution < 1.29 is 14.4 Å². The molecule has 0 saturated carbocycles. The number of carbonyl (C=O) groups is 3. The van der Waals surface area contributed by atoms with Crippen molar-refractivity contribution in [2.45, 2.75) is 27.2 Å². The average molecular weight is 345 g/mol. The van der Waals surface area contributed by atoms with E-state index in [1.807, 2.05) is 18.7 Å². The molecule has 1 aliphatic heterocycles. The van der Waals surface area contributed by atoms with Crippen LogP contribution in [0.1, 0.15) is 37.6 Å². The van der Waals surface area contributed by atoms with Crippen molar-refractivity contribution in [2.24, 2.45) is 5.92 Å². The van der Waals surface area contributed by atoms with E-state index in [9.17, 15) is 14.4 Å². The summed E-state index contributed by atoms with van der Waals surface area (Å²) < 4.78 is 0. The molecule has 25 heavy (non-hydrogen) atoms. The van der Waals surface area contributed by atoms with Crippen molar-refractivity contribution in [2.75, 3.05) is 38.0 Å². The van der Waals surface area contributed by atoms with Gasteiger partial charge >= 0.3 is 0 Å². The number of carbonyl (C=O) groups excluding carboxylic acids is 3. The van der Waals surface area contributed by atoms with E-state index in [-0.39, 0.29) is 23.5 Å². The van der Waals surface area contributed by atoms with Crippen LogP contribution in [0.3, 0.4) is 0 Å². The number of ketones is 1. The molecule has 2 rings (SSSR count). The fourth-order valence-electron chi connectivity index (χ4n) is 2.83. The molecule has 6 nitrogen and oxygen atoms in total. The second-order valence-electron chi connectivity index (χ2n) is 6.75. The number of amides is 2. The number of nitrogens with one attached hydrogen (secondary N) is 1. The van der Waals surface area contributed by atoms with E-state index in [1.165, 1.54) is 6.92 Å². The van der Waals surface area contributed by atoms with Gasteiger partial charge in [-0.2, -0.15) is 0 Å². The van der Waals surface area contributed by atoms with Gasteiger partial charge in [-0.25, -0.2) is 0 Å². The Hall–Kier alpha value is -2.21. The SMILES string of the molecule is CC(=O)c1ccc(NC(=O)CCN2CCN(C(=O)C(C)C)CC2)cc1. The fraction of sp³-hybridized carbons (Fsp3) is 0.526. The third-order valence-electron chi connectivity index (χ3n) is 4.41. The van der Waals surface area contributed by atoms with E-state index in [1.54, 1.807) is 24.3 Å². The molecule has 0 atom stereocenters. The van der Waals surface area contributed by atoms with E-state index in [0.29, 0.717) is 24.2 Å². The van der Waals surface area contributed by atoms with Crippen molar-refractivity contribution >= 4 is 23.3 Å². The number of Topliss-reactive ketones (excluding diaryl/α,β-unsaturated/α-hetero) is 1. The number of anilines is 1. The van der Waals surface area contributed by atoms with E-state index in [2.05, 4.69) is 10.2 Å². The highest BCUT2D eigenvalue weighted by atomic mass is 16.2. The Kier molecular flexibility index (Phi) is 6.70. The topological polar surface area (TPSA) is 69.7 Å². The van der Waals surface area contributed by atoms with Gasteiger partial charge in [0.05, 0.1) is 0 Å². The Bertz CT molecular complexity index is 617. The highest BCUT2D eigenvalue weighted by Crippen LogP contribution is 2.11. The predicted octanol–water partition coefficient (Wildman–Crippen LogP) is 2.02. The van der Waals surface area contributed by atoms with Gasteiger partial charge in [-0.3, -0.25) is 19.3 Å². The van der Waals surface area contributed by atoms with Crippen LogP contribution in [0.4, 0.5) is 5.69 Å². The summed E-state index contributed by atoms with van der Waals surface area (Å²) in [6.45, 7) is 9.10. The van der Waals surface area contributed by atoms with Gasteiger partial charge in [-0.15, -0.1) is 0 Å². The highest BCUT2D eigenvalue weighted by Gasteiger charge is 2.22. The molecule has 2 amide bonds. The van der Waals surface area contributed by atoms with Crippen LogP contribution in [-0.4, -0.2) is 60.1 Å². The van der Waals surface area contributed by atoms with E-state index >= 15 is 0 Å². The molecule has 0 aliphatic carbocycles. The first-order chi connectivity index (χ1) is 11.9. The van der Waals surface area contributed by atoms with E-state index in [0.717, 1.165) is 26.2 Å².